The summed E-state index contributed by atoms with van der Waals surface area (Å²) in [6, 6.07) is 0. The summed E-state index contributed by atoms with van der Waals surface area (Å²) in [6.07, 6.45) is 6.69. The molecule has 0 unspecified atom stereocenters. The second-order valence-corrected chi connectivity index (χ2v) is 4.66. The Morgan fingerprint density at radius 3 is 2.92 bits per heavy atom. The summed E-state index contributed by atoms with van der Waals surface area (Å²) in [5.41, 5.74) is 1.11. The van der Waals surface area contributed by atoms with Gasteiger partial charge in [0.1, 0.15) is 0 Å². The molecule has 0 aromatic heterocycles. The molecule has 2 heteroatoms. The molecule has 0 radical (unpaired) electrons. The Bertz CT molecular complexity index is 236. The van der Waals surface area contributed by atoms with E-state index in [-0.39, 0.29) is 0 Å². The molecule has 66 valence electrons. The Labute approximate surface area is 72.6 Å². The predicted octanol–water partition coefficient (Wildman–Crippen LogP) is 2.27. The van der Waals surface area contributed by atoms with Gasteiger partial charge in [0.2, 0.25) is 0 Å². The molecule has 0 aliphatic heterocycles. The van der Waals surface area contributed by atoms with E-state index in [1.54, 1.807) is 0 Å². The number of oxime groups is 1. The van der Waals surface area contributed by atoms with Gasteiger partial charge >= 0.3 is 0 Å². The van der Waals surface area contributed by atoms with Crippen molar-refractivity contribution >= 4 is 5.71 Å². The first-order valence-electron chi connectivity index (χ1n) is 5.11. The van der Waals surface area contributed by atoms with Crippen molar-refractivity contribution in [3.8, 4) is 0 Å². The third kappa shape index (κ3) is 0.686. The van der Waals surface area contributed by atoms with E-state index in [4.69, 9.17) is 5.21 Å². The lowest BCUT2D eigenvalue weighted by Crippen LogP contribution is -2.24. The van der Waals surface area contributed by atoms with Gasteiger partial charge < -0.3 is 5.21 Å². The minimum atomic E-state index is 0.674. The predicted molar refractivity (Wildman–Crippen MR) is 46.3 cm³/mol. The quantitative estimate of drug-likeness (QED) is 0.433. The smallest absolute Gasteiger partial charge is 0.0607 e. The first kappa shape index (κ1) is 6.93. The van der Waals surface area contributed by atoms with Crippen LogP contribution in [0, 0.1) is 23.7 Å². The molecule has 3 aliphatic rings. The molecule has 0 heterocycles. The highest BCUT2D eigenvalue weighted by Crippen LogP contribution is 2.57. The van der Waals surface area contributed by atoms with Gasteiger partial charge in [0, 0.05) is 5.92 Å². The van der Waals surface area contributed by atoms with Gasteiger partial charge in [-0.1, -0.05) is 11.6 Å². The lowest BCUT2D eigenvalue weighted by Gasteiger charge is -2.24. The Morgan fingerprint density at radius 1 is 1.25 bits per heavy atom. The molecule has 2 bridgehead atoms. The first-order valence-corrected chi connectivity index (χ1v) is 5.11. The number of hydrogen-bond acceptors (Lipinski definition) is 2. The lowest BCUT2D eigenvalue weighted by molar-refractivity contribution is 0.293. The lowest BCUT2D eigenvalue weighted by atomic mass is 9.81. The van der Waals surface area contributed by atoms with Crippen molar-refractivity contribution < 1.29 is 5.21 Å². The van der Waals surface area contributed by atoms with Crippen LogP contribution in [0.4, 0.5) is 0 Å². The van der Waals surface area contributed by atoms with E-state index in [1.807, 2.05) is 0 Å². The molecule has 3 saturated carbocycles. The van der Waals surface area contributed by atoms with Crippen LogP contribution in [0.3, 0.4) is 0 Å². The van der Waals surface area contributed by atoms with Gasteiger partial charge in [0.15, 0.2) is 0 Å². The molecule has 2 nitrogen and oxygen atoms in total. The average Bonchev–Trinajstić information content (AvgIpc) is 2.75. The first-order chi connectivity index (χ1) is 5.90. The third-order valence-electron chi connectivity index (χ3n) is 4.33. The summed E-state index contributed by atoms with van der Waals surface area (Å²) in [5.74, 6) is 3.45. The molecule has 3 aliphatic carbocycles. The Kier molecular flexibility index (Phi) is 1.29. The summed E-state index contributed by atoms with van der Waals surface area (Å²) >= 11 is 0. The van der Waals surface area contributed by atoms with Gasteiger partial charge in [-0.05, 0) is 43.4 Å². The minimum absolute atomic E-state index is 0.674. The van der Waals surface area contributed by atoms with E-state index in [9.17, 15) is 0 Å². The van der Waals surface area contributed by atoms with Crippen LogP contribution in [0.2, 0.25) is 0 Å². The van der Waals surface area contributed by atoms with Crippen molar-refractivity contribution in [1.82, 2.24) is 0 Å². The zero-order valence-corrected chi connectivity index (χ0v) is 7.24. The molecule has 0 spiro atoms. The zero-order chi connectivity index (χ0) is 8.13. The van der Waals surface area contributed by atoms with Crippen LogP contribution in [0.1, 0.15) is 32.1 Å². The van der Waals surface area contributed by atoms with Gasteiger partial charge in [-0.3, -0.25) is 0 Å². The molecule has 12 heavy (non-hydrogen) atoms. The summed E-state index contributed by atoms with van der Waals surface area (Å²) < 4.78 is 0. The highest BCUT2D eigenvalue weighted by molar-refractivity contribution is 5.89. The molecule has 4 atom stereocenters. The minimum Gasteiger partial charge on any atom is -0.411 e. The fraction of sp³-hybridized carbons (Fsp3) is 0.900. The van der Waals surface area contributed by atoms with Crippen LogP contribution in [-0.4, -0.2) is 10.9 Å². The standard InChI is InChI=1S/C10H15NO/c12-11-10-5-6-4-9(10)8-3-1-2-7(6)8/h6-9,12H,1-5H2/b11-10-/t6-,7+,8-,9+/m1/s1. The zero-order valence-electron chi connectivity index (χ0n) is 7.24. The number of fused-ring (bicyclic) bond motifs is 5. The maximum atomic E-state index is 8.80. The van der Waals surface area contributed by atoms with Crippen molar-refractivity contribution in [2.75, 3.05) is 0 Å². The Morgan fingerprint density at radius 2 is 2.08 bits per heavy atom. The van der Waals surface area contributed by atoms with Gasteiger partial charge in [0.25, 0.3) is 0 Å². The van der Waals surface area contributed by atoms with E-state index in [0.717, 1.165) is 29.9 Å². The largest absolute Gasteiger partial charge is 0.411 e. The normalized spacial score (nSPS) is 53.5. The third-order valence-corrected chi connectivity index (χ3v) is 4.33. The molecule has 0 amide bonds. The van der Waals surface area contributed by atoms with E-state index < -0.39 is 0 Å². The van der Waals surface area contributed by atoms with Crippen molar-refractivity contribution in [1.29, 1.82) is 0 Å². The highest BCUT2D eigenvalue weighted by Gasteiger charge is 2.52. The molecule has 0 aromatic rings. The van der Waals surface area contributed by atoms with E-state index in [1.165, 1.54) is 25.7 Å². The second-order valence-electron chi connectivity index (χ2n) is 4.66. The van der Waals surface area contributed by atoms with Crippen molar-refractivity contribution in [3.05, 3.63) is 0 Å². The van der Waals surface area contributed by atoms with Crippen molar-refractivity contribution in [2.45, 2.75) is 32.1 Å². The number of rotatable bonds is 0. The summed E-state index contributed by atoms with van der Waals surface area (Å²) in [4.78, 5) is 0. The van der Waals surface area contributed by atoms with E-state index >= 15 is 0 Å². The van der Waals surface area contributed by atoms with Gasteiger partial charge in [-0.2, -0.15) is 0 Å². The second kappa shape index (κ2) is 2.24. The average molecular weight is 165 g/mol. The van der Waals surface area contributed by atoms with Crippen molar-refractivity contribution in [2.24, 2.45) is 28.8 Å². The van der Waals surface area contributed by atoms with Crippen LogP contribution in [0.5, 0.6) is 0 Å². The molecule has 1 N–H and O–H groups in total. The molecule has 3 rings (SSSR count). The van der Waals surface area contributed by atoms with E-state index in [0.29, 0.717) is 5.92 Å². The molecule has 0 saturated heterocycles. The van der Waals surface area contributed by atoms with Gasteiger partial charge in [0.05, 0.1) is 5.71 Å². The monoisotopic (exact) mass is 165 g/mol. The molecule has 3 fully saturated rings. The van der Waals surface area contributed by atoms with Gasteiger partial charge in [-0.15, -0.1) is 0 Å². The van der Waals surface area contributed by atoms with Crippen LogP contribution >= 0.6 is 0 Å². The Balaban J connectivity index is 1.92. The van der Waals surface area contributed by atoms with Crippen LogP contribution < -0.4 is 0 Å². The van der Waals surface area contributed by atoms with Crippen LogP contribution in [0.15, 0.2) is 5.16 Å². The van der Waals surface area contributed by atoms with Crippen LogP contribution in [0.25, 0.3) is 0 Å². The number of hydrogen-bond donors (Lipinski definition) is 1. The maximum Gasteiger partial charge on any atom is 0.0607 e. The summed E-state index contributed by atoms with van der Waals surface area (Å²) in [7, 11) is 0. The summed E-state index contributed by atoms with van der Waals surface area (Å²) in [5, 5.41) is 12.2. The number of nitrogens with zero attached hydrogens (tertiary/aromatic N) is 1. The maximum absolute atomic E-state index is 8.80. The highest BCUT2D eigenvalue weighted by atomic mass is 16.4. The fourth-order valence-electron chi connectivity index (χ4n) is 3.93. The molecular formula is C10H15NO. The fourth-order valence-corrected chi connectivity index (χ4v) is 3.93. The Hall–Kier alpha value is -0.530. The van der Waals surface area contributed by atoms with Crippen LogP contribution in [-0.2, 0) is 0 Å². The molecule has 0 aromatic carbocycles. The summed E-state index contributed by atoms with van der Waals surface area (Å²) in [6.45, 7) is 0. The van der Waals surface area contributed by atoms with Crippen molar-refractivity contribution in [3.63, 3.8) is 0 Å². The van der Waals surface area contributed by atoms with E-state index in [2.05, 4.69) is 5.16 Å². The molecular weight excluding hydrogens is 150 g/mol. The SMILES string of the molecule is O/N=C1/C[C@H]2C[C@H]1[C@@H]1CCC[C@@H]21. The topological polar surface area (TPSA) is 32.6 Å². The van der Waals surface area contributed by atoms with Gasteiger partial charge in [-0.25, -0.2) is 0 Å².